The summed E-state index contributed by atoms with van der Waals surface area (Å²) in [5.41, 5.74) is 10.7. The fourth-order valence-corrected chi connectivity index (χ4v) is 4.13. The molecule has 0 spiro atoms. The predicted molar refractivity (Wildman–Crippen MR) is 121 cm³/mol. The van der Waals surface area contributed by atoms with Crippen molar-refractivity contribution in [2.24, 2.45) is 5.73 Å². The molecule has 4 rings (SSSR count). The van der Waals surface area contributed by atoms with Gasteiger partial charge in [-0.25, -0.2) is 0 Å². The maximum absolute atomic E-state index is 12.3. The lowest BCUT2D eigenvalue weighted by Gasteiger charge is -2.21. The van der Waals surface area contributed by atoms with Crippen molar-refractivity contribution in [2.45, 2.75) is 6.42 Å². The lowest BCUT2D eigenvalue weighted by atomic mass is 10.00. The Balaban J connectivity index is 1.66. The smallest absolute Gasteiger partial charge is 0.251 e. The molecule has 0 aromatic heterocycles. The number of fused-ring (bicyclic) bond motifs is 1. The van der Waals surface area contributed by atoms with E-state index < -0.39 is 5.91 Å². The summed E-state index contributed by atoms with van der Waals surface area (Å²) in [5, 5.41) is 3.72. The zero-order valence-corrected chi connectivity index (χ0v) is 17.5. The summed E-state index contributed by atoms with van der Waals surface area (Å²) in [5.74, 6) is -0.925. The van der Waals surface area contributed by atoms with Gasteiger partial charge in [0.25, 0.3) is 5.91 Å². The Hall–Kier alpha value is -3.02. The predicted octanol–water partition coefficient (Wildman–Crippen LogP) is 4.57. The van der Waals surface area contributed by atoms with Crippen molar-refractivity contribution in [3.63, 3.8) is 0 Å². The van der Waals surface area contributed by atoms with Crippen LogP contribution in [0.3, 0.4) is 0 Å². The van der Waals surface area contributed by atoms with E-state index in [2.05, 4.69) is 22.3 Å². The molecule has 5 nitrogen and oxygen atoms in total. The molecule has 0 aliphatic carbocycles. The summed E-state index contributed by atoms with van der Waals surface area (Å²) in [7, 11) is 0. The number of anilines is 2. The fraction of sp³-hybridized carbons (Fsp3) is 0.130. The Kier molecular flexibility index (Phi) is 5.66. The first-order valence-electron chi connectivity index (χ1n) is 9.45. The van der Waals surface area contributed by atoms with E-state index in [0.717, 1.165) is 35.5 Å². The normalized spacial score (nSPS) is 12.5. The molecule has 30 heavy (non-hydrogen) atoms. The van der Waals surface area contributed by atoms with E-state index in [4.69, 9.17) is 28.9 Å². The summed E-state index contributed by atoms with van der Waals surface area (Å²) < 4.78 is 0. The van der Waals surface area contributed by atoms with Gasteiger partial charge in [0, 0.05) is 22.8 Å². The van der Waals surface area contributed by atoms with Crippen LogP contribution in [0.25, 0.3) is 11.1 Å². The quantitative estimate of drug-likeness (QED) is 0.611. The number of benzene rings is 3. The summed E-state index contributed by atoms with van der Waals surface area (Å²) in [6.45, 7) is 0.633. The molecule has 1 heterocycles. The second-order valence-electron chi connectivity index (χ2n) is 7.07. The lowest BCUT2D eigenvalue weighted by molar-refractivity contribution is -0.117. The van der Waals surface area contributed by atoms with Crippen LogP contribution in [0.2, 0.25) is 10.0 Å². The van der Waals surface area contributed by atoms with Crippen LogP contribution in [0.15, 0.2) is 60.7 Å². The molecule has 0 fully saturated rings. The molecule has 0 radical (unpaired) electrons. The molecule has 1 aliphatic rings. The van der Waals surface area contributed by atoms with Crippen LogP contribution in [0.4, 0.5) is 11.4 Å². The minimum absolute atomic E-state index is 0.196. The van der Waals surface area contributed by atoms with E-state index in [1.807, 2.05) is 30.3 Å². The summed E-state index contributed by atoms with van der Waals surface area (Å²) in [6.07, 6.45) is 0.921. The lowest BCUT2D eigenvalue weighted by Crippen LogP contribution is -2.33. The second-order valence-corrected chi connectivity index (χ2v) is 7.91. The van der Waals surface area contributed by atoms with Crippen molar-refractivity contribution in [1.82, 2.24) is 5.32 Å². The van der Waals surface area contributed by atoms with Crippen molar-refractivity contribution in [1.29, 1.82) is 0 Å². The molecule has 0 saturated heterocycles. The average molecular weight is 440 g/mol. The van der Waals surface area contributed by atoms with E-state index in [9.17, 15) is 9.59 Å². The molecule has 3 aromatic rings. The average Bonchev–Trinajstić information content (AvgIpc) is 3.15. The summed E-state index contributed by atoms with van der Waals surface area (Å²) in [4.78, 5) is 25.4. The Morgan fingerprint density at radius 2 is 1.77 bits per heavy atom. The monoisotopic (exact) mass is 439 g/mol. The number of carbonyl (C=O) groups excluding carboxylic acids is 2. The molecule has 0 saturated carbocycles. The molecule has 152 valence electrons. The van der Waals surface area contributed by atoms with Crippen molar-refractivity contribution in [3.8, 4) is 11.1 Å². The van der Waals surface area contributed by atoms with Crippen LogP contribution in [0.1, 0.15) is 15.9 Å². The number of nitrogens with zero attached hydrogens (tertiary/aromatic N) is 1. The van der Waals surface area contributed by atoms with E-state index in [-0.39, 0.29) is 12.5 Å². The third-order valence-corrected chi connectivity index (χ3v) is 5.60. The molecule has 1 aliphatic heterocycles. The highest BCUT2D eigenvalue weighted by Gasteiger charge is 2.23. The van der Waals surface area contributed by atoms with Crippen molar-refractivity contribution < 1.29 is 9.59 Å². The standard InChI is InChI=1S/C23H19Cl2N3O2/c24-18-6-7-20(19(25)12-18)28-9-8-14-4-5-16(11-21(14)28)15-2-1-3-17(10-15)23(30)27-13-22(26)29/h1-7,10-12H,8-9,13H2,(H2,26,29)(H,27,30). The highest BCUT2D eigenvalue weighted by atomic mass is 35.5. The van der Waals surface area contributed by atoms with Crippen LogP contribution in [-0.2, 0) is 11.2 Å². The third-order valence-electron chi connectivity index (χ3n) is 5.06. The first-order chi connectivity index (χ1) is 14.4. The number of nitrogens with one attached hydrogen (secondary N) is 1. The van der Waals surface area contributed by atoms with Gasteiger partial charge in [0.1, 0.15) is 0 Å². The van der Waals surface area contributed by atoms with Gasteiger partial charge in [-0.3, -0.25) is 9.59 Å². The molecular weight excluding hydrogens is 421 g/mol. The maximum atomic E-state index is 12.3. The van der Waals surface area contributed by atoms with Gasteiger partial charge in [-0.05, 0) is 59.5 Å². The van der Waals surface area contributed by atoms with Gasteiger partial charge in [-0.15, -0.1) is 0 Å². The highest BCUT2D eigenvalue weighted by molar-refractivity contribution is 6.36. The molecule has 7 heteroatoms. The molecule has 2 amide bonds. The Bertz CT molecular complexity index is 1150. The Morgan fingerprint density at radius 1 is 0.967 bits per heavy atom. The van der Waals surface area contributed by atoms with E-state index >= 15 is 0 Å². The van der Waals surface area contributed by atoms with Crippen LogP contribution in [0, 0.1) is 0 Å². The topological polar surface area (TPSA) is 75.4 Å². The van der Waals surface area contributed by atoms with Crippen molar-refractivity contribution in [2.75, 3.05) is 18.0 Å². The maximum Gasteiger partial charge on any atom is 0.251 e. The summed E-state index contributed by atoms with van der Waals surface area (Å²) >= 11 is 12.5. The van der Waals surface area contributed by atoms with Crippen LogP contribution < -0.4 is 16.0 Å². The van der Waals surface area contributed by atoms with Gasteiger partial charge in [0.2, 0.25) is 5.91 Å². The molecular formula is C23H19Cl2N3O2. The van der Waals surface area contributed by atoms with Crippen LogP contribution in [-0.4, -0.2) is 24.9 Å². The molecule has 0 unspecified atom stereocenters. The Morgan fingerprint density at radius 3 is 2.53 bits per heavy atom. The largest absolute Gasteiger partial charge is 0.368 e. The number of hydrogen-bond donors (Lipinski definition) is 2. The minimum Gasteiger partial charge on any atom is -0.368 e. The summed E-state index contributed by atoms with van der Waals surface area (Å²) in [6, 6.07) is 19.0. The molecule has 0 atom stereocenters. The number of primary amides is 1. The van der Waals surface area contributed by atoms with Gasteiger partial charge < -0.3 is 16.0 Å². The van der Waals surface area contributed by atoms with Crippen LogP contribution in [0.5, 0.6) is 0 Å². The van der Waals surface area contributed by atoms with E-state index in [1.54, 1.807) is 18.2 Å². The number of hydrogen-bond acceptors (Lipinski definition) is 3. The minimum atomic E-state index is -0.584. The highest BCUT2D eigenvalue weighted by Crippen LogP contribution is 2.40. The SMILES string of the molecule is NC(=O)CNC(=O)c1cccc(-c2ccc3c(c2)N(c2ccc(Cl)cc2Cl)CC3)c1. The van der Waals surface area contributed by atoms with Crippen molar-refractivity contribution >= 4 is 46.4 Å². The van der Waals surface area contributed by atoms with Crippen LogP contribution >= 0.6 is 23.2 Å². The number of rotatable bonds is 5. The third kappa shape index (κ3) is 4.13. The zero-order chi connectivity index (χ0) is 21.3. The first-order valence-corrected chi connectivity index (χ1v) is 10.2. The molecule has 3 N–H and O–H groups in total. The van der Waals surface area contributed by atoms with Gasteiger partial charge in [-0.1, -0.05) is 47.5 Å². The second kappa shape index (κ2) is 8.38. The van der Waals surface area contributed by atoms with Gasteiger partial charge in [0.05, 0.1) is 17.3 Å². The van der Waals surface area contributed by atoms with Crippen molar-refractivity contribution in [3.05, 3.63) is 81.8 Å². The number of carbonyl (C=O) groups is 2. The zero-order valence-electron chi connectivity index (χ0n) is 16.0. The number of halogens is 2. The number of amides is 2. The van der Waals surface area contributed by atoms with E-state index in [1.165, 1.54) is 5.56 Å². The first kappa shape index (κ1) is 20.3. The van der Waals surface area contributed by atoms with Gasteiger partial charge in [0.15, 0.2) is 0 Å². The Labute approximate surface area is 184 Å². The molecule has 3 aromatic carbocycles. The molecule has 0 bridgehead atoms. The van der Waals surface area contributed by atoms with Gasteiger partial charge in [-0.2, -0.15) is 0 Å². The van der Waals surface area contributed by atoms with Gasteiger partial charge >= 0.3 is 0 Å². The van der Waals surface area contributed by atoms with E-state index in [0.29, 0.717) is 15.6 Å². The number of nitrogens with two attached hydrogens (primary N) is 1. The fourth-order valence-electron chi connectivity index (χ4n) is 3.62.